The lowest BCUT2D eigenvalue weighted by atomic mass is 10.1. The molecule has 0 aliphatic rings. The minimum Gasteiger partial charge on any atom is -0.480 e. The fourth-order valence-corrected chi connectivity index (χ4v) is 2.17. The number of rotatable bonds is 14. The molecule has 0 fully saturated rings. The van der Waals surface area contributed by atoms with Crippen LogP contribution in [0.5, 0.6) is 0 Å². The Kier molecular flexibility index (Phi) is 11.1. The maximum Gasteiger partial charge on any atom is 0.326 e. The number of carbonyl (C=O) groups is 7. The molecule has 15 nitrogen and oxygen atoms in total. The van der Waals surface area contributed by atoms with Crippen LogP contribution in [0.15, 0.2) is 0 Å². The Hall–Kier alpha value is -3.75. The number of primary amides is 3. The highest BCUT2D eigenvalue weighted by Gasteiger charge is 2.31. The lowest BCUT2D eigenvalue weighted by Gasteiger charge is -2.23. The highest BCUT2D eigenvalue weighted by Crippen LogP contribution is 2.02. The summed E-state index contributed by atoms with van der Waals surface area (Å²) in [5, 5.41) is 15.4. The van der Waals surface area contributed by atoms with Crippen molar-refractivity contribution >= 4 is 41.4 Å². The minimum atomic E-state index is -1.72. The molecule has 3 atom stereocenters. The smallest absolute Gasteiger partial charge is 0.326 e. The second kappa shape index (κ2) is 12.7. The van der Waals surface area contributed by atoms with Crippen LogP contribution >= 0.6 is 0 Å². The van der Waals surface area contributed by atoms with Crippen LogP contribution < -0.4 is 38.9 Å². The third-order valence-electron chi connectivity index (χ3n) is 3.57. The number of hydrogen-bond acceptors (Lipinski definition) is 8. The summed E-state index contributed by atoms with van der Waals surface area (Å²) in [4.78, 5) is 80.6. The summed E-state index contributed by atoms with van der Waals surface area (Å²) < 4.78 is 0. The zero-order chi connectivity index (χ0) is 23.4. The van der Waals surface area contributed by atoms with Crippen LogP contribution in [0.2, 0.25) is 0 Å². The van der Waals surface area contributed by atoms with Crippen LogP contribution in [0, 0.1) is 0 Å². The van der Waals surface area contributed by atoms with Crippen molar-refractivity contribution in [3.8, 4) is 0 Å². The van der Waals surface area contributed by atoms with Gasteiger partial charge in [-0.3, -0.25) is 28.8 Å². The SMILES string of the molecule is NCC(=O)NC(CCC(N)=O)C(=O)NC(CC(N)=O)C(=O)NC(CC(N)=O)C(=O)O. The second-order valence-electron chi connectivity index (χ2n) is 6.13. The van der Waals surface area contributed by atoms with E-state index in [0.29, 0.717) is 0 Å². The van der Waals surface area contributed by atoms with Gasteiger partial charge in [0.05, 0.1) is 19.4 Å². The van der Waals surface area contributed by atoms with Crippen molar-refractivity contribution in [1.82, 2.24) is 16.0 Å². The summed E-state index contributed by atoms with van der Waals surface area (Å²) in [5.74, 6) is -7.26. The number of carboxylic acids is 1. The van der Waals surface area contributed by atoms with Gasteiger partial charge < -0.3 is 44.0 Å². The summed E-state index contributed by atoms with van der Waals surface area (Å²) in [7, 11) is 0. The molecule has 168 valence electrons. The topological polar surface area (TPSA) is 280 Å². The Labute approximate surface area is 170 Å². The van der Waals surface area contributed by atoms with E-state index in [9.17, 15) is 33.6 Å². The molecule has 0 heterocycles. The molecular formula is C15H25N7O8. The molecule has 0 aromatic heterocycles. The molecule has 0 aromatic rings. The third kappa shape index (κ3) is 10.5. The number of hydrogen-bond donors (Lipinski definition) is 8. The van der Waals surface area contributed by atoms with Crippen molar-refractivity contribution < 1.29 is 38.7 Å². The lowest BCUT2D eigenvalue weighted by Crippen LogP contribution is -2.57. The molecule has 0 rings (SSSR count). The number of nitrogens with two attached hydrogens (primary N) is 4. The fourth-order valence-electron chi connectivity index (χ4n) is 2.17. The van der Waals surface area contributed by atoms with Gasteiger partial charge >= 0.3 is 5.97 Å². The van der Waals surface area contributed by atoms with Gasteiger partial charge in [0.1, 0.15) is 18.1 Å². The standard InChI is InChI=1S/C15H25N7O8/c16-5-12(26)20-6(1-2-9(17)23)13(27)21-7(3-10(18)24)14(28)22-8(15(29)30)4-11(19)25/h6-8H,1-5,16H2,(H2,17,23)(H2,18,24)(H2,19,25)(H,20,26)(H,21,27)(H,22,28)(H,29,30). The molecule has 30 heavy (non-hydrogen) atoms. The Morgan fingerprint density at radius 2 is 1.17 bits per heavy atom. The Bertz CT molecular complexity index is 711. The van der Waals surface area contributed by atoms with Crippen LogP contribution in [0.25, 0.3) is 0 Å². The molecule has 15 heteroatoms. The van der Waals surface area contributed by atoms with E-state index in [2.05, 4.69) is 10.6 Å². The van der Waals surface area contributed by atoms with Crippen LogP contribution in [-0.4, -0.2) is 71.2 Å². The lowest BCUT2D eigenvalue weighted by molar-refractivity contribution is -0.144. The summed E-state index contributed by atoms with van der Waals surface area (Å²) in [6.07, 6.45) is -2.01. The number of aliphatic carboxylic acids is 1. The van der Waals surface area contributed by atoms with Crippen molar-refractivity contribution in [1.29, 1.82) is 0 Å². The fraction of sp³-hybridized carbons (Fsp3) is 0.533. The first-order valence-corrected chi connectivity index (χ1v) is 8.55. The first-order chi connectivity index (χ1) is 13.9. The summed E-state index contributed by atoms with van der Waals surface area (Å²) in [5.41, 5.74) is 20.1. The molecule has 0 saturated carbocycles. The minimum absolute atomic E-state index is 0.239. The molecule has 0 aliphatic heterocycles. The van der Waals surface area contributed by atoms with Crippen molar-refractivity contribution in [3.63, 3.8) is 0 Å². The van der Waals surface area contributed by atoms with Gasteiger partial charge in [0.25, 0.3) is 0 Å². The predicted molar refractivity (Wildman–Crippen MR) is 98.5 cm³/mol. The van der Waals surface area contributed by atoms with Crippen LogP contribution in [-0.2, 0) is 33.6 Å². The van der Waals surface area contributed by atoms with Gasteiger partial charge in [-0.2, -0.15) is 0 Å². The van der Waals surface area contributed by atoms with Crippen LogP contribution in [0.3, 0.4) is 0 Å². The normalized spacial score (nSPS) is 13.2. The molecule has 0 bridgehead atoms. The van der Waals surface area contributed by atoms with E-state index in [-0.39, 0.29) is 12.8 Å². The average molecular weight is 431 g/mol. The molecule has 3 unspecified atom stereocenters. The maximum absolute atomic E-state index is 12.5. The van der Waals surface area contributed by atoms with Gasteiger partial charge in [-0.15, -0.1) is 0 Å². The molecule has 6 amide bonds. The van der Waals surface area contributed by atoms with Crippen molar-refractivity contribution in [2.75, 3.05) is 6.54 Å². The van der Waals surface area contributed by atoms with Gasteiger partial charge in [-0.05, 0) is 6.42 Å². The molecule has 0 aliphatic carbocycles. The van der Waals surface area contributed by atoms with Gasteiger partial charge in [-0.1, -0.05) is 0 Å². The zero-order valence-electron chi connectivity index (χ0n) is 15.9. The van der Waals surface area contributed by atoms with E-state index in [1.165, 1.54) is 0 Å². The quantitative estimate of drug-likeness (QED) is 0.130. The number of nitrogens with one attached hydrogen (secondary N) is 3. The van der Waals surface area contributed by atoms with E-state index in [1.54, 1.807) is 0 Å². The number of carbonyl (C=O) groups excluding carboxylic acids is 6. The molecular weight excluding hydrogens is 406 g/mol. The van der Waals surface area contributed by atoms with Crippen molar-refractivity contribution in [3.05, 3.63) is 0 Å². The monoisotopic (exact) mass is 431 g/mol. The first-order valence-electron chi connectivity index (χ1n) is 8.55. The van der Waals surface area contributed by atoms with Gasteiger partial charge in [0.2, 0.25) is 35.4 Å². The predicted octanol–water partition coefficient (Wildman–Crippen LogP) is -5.50. The number of carboxylic acid groups (broad SMARTS) is 1. The summed E-state index contributed by atoms with van der Waals surface area (Å²) >= 11 is 0. The Morgan fingerprint density at radius 3 is 1.60 bits per heavy atom. The maximum atomic E-state index is 12.5. The largest absolute Gasteiger partial charge is 0.480 e. The second-order valence-corrected chi connectivity index (χ2v) is 6.13. The van der Waals surface area contributed by atoms with Gasteiger partial charge in [0.15, 0.2) is 0 Å². The van der Waals surface area contributed by atoms with Gasteiger partial charge in [0, 0.05) is 6.42 Å². The van der Waals surface area contributed by atoms with Gasteiger partial charge in [-0.25, -0.2) is 4.79 Å². The first kappa shape index (κ1) is 26.2. The van der Waals surface area contributed by atoms with E-state index in [0.717, 1.165) is 0 Å². The average Bonchev–Trinajstić information content (AvgIpc) is 2.62. The number of amides is 6. The van der Waals surface area contributed by atoms with Crippen LogP contribution in [0.4, 0.5) is 0 Å². The van der Waals surface area contributed by atoms with Crippen LogP contribution in [0.1, 0.15) is 25.7 Å². The summed E-state index contributed by atoms with van der Waals surface area (Å²) in [6, 6.07) is -4.70. The van der Waals surface area contributed by atoms with E-state index in [4.69, 9.17) is 28.0 Å². The Balaban J connectivity index is 5.44. The van der Waals surface area contributed by atoms with E-state index < -0.39 is 78.9 Å². The van der Waals surface area contributed by atoms with Crippen molar-refractivity contribution in [2.45, 2.75) is 43.8 Å². The highest BCUT2D eigenvalue weighted by molar-refractivity contribution is 5.96. The van der Waals surface area contributed by atoms with Crippen molar-refractivity contribution in [2.24, 2.45) is 22.9 Å². The zero-order valence-corrected chi connectivity index (χ0v) is 15.9. The molecule has 0 radical (unpaired) electrons. The molecule has 0 aromatic carbocycles. The summed E-state index contributed by atoms with van der Waals surface area (Å²) in [6.45, 7) is -0.473. The van der Waals surface area contributed by atoms with E-state index in [1.807, 2.05) is 5.32 Å². The van der Waals surface area contributed by atoms with E-state index >= 15 is 0 Å². The Morgan fingerprint density at radius 1 is 0.700 bits per heavy atom. The molecule has 0 spiro atoms. The molecule has 12 N–H and O–H groups in total. The third-order valence-corrected chi connectivity index (χ3v) is 3.57. The molecule has 0 saturated heterocycles. The highest BCUT2D eigenvalue weighted by atomic mass is 16.4.